The molecule has 1 rings (SSSR count). The summed E-state index contributed by atoms with van der Waals surface area (Å²) < 4.78 is 116. The molecule has 0 saturated heterocycles. The van der Waals surface area contributed by atoms with E-state index in [9.17, 15) is 44.3 Å². The summed E-state index contributed by atoms with van der Waals surface area (Å²) in [5.74, 6) is -14.7. The van der Waals surface area contributed by atoms with Crippen molar-refractivity contribution in [3.63, 3.8) is 0 Å². The van der Waals surface area contributed by atoms with E-state index in [2.05, 4.69) is 4.74 Å². The third-order valence-electron chi connectivity index (χ3n) is 2.64. The van der Waals surface area contributed by atoms with Crippen molar-refractivity contribution in [1.29, 1.82) is 0 Å². The van der Waals surface area contributed by atoms with Gasteiger partial charge in [-0.15, -0.1) is 0 Å². The van der Waals surface area contributed by atoms with Gasteiger partial charge in [-0.1, -0.05) is 0 Å². The zero-order valence-electron chi connectivity index (χ0n) is 8.22. The Morgan fingerprint density at radius 1 is 0.944 bits per heavy atom. The van der Waals surface area contributed by atoms with Gasteiger partial charge in [0.05, 0.1) is 0 Å². The summed E-state index contributed by atoms with van der Waals surface area (Å²) in [4.78, 5) is 10.6. The molecule has 1 fully saturated rings. The molecule has 1 atom stereocenters. The molecular weight excluding hydrogens is 287 g/mol. The van der Waals surface area contributed by atoms with Crippen LogP contribution in [-0.4, -0.2) is 37.0 Å². The Morgan fingerprint density at radius 3 is 1.44 bits per heavy atom. The van der Waals surface area contributed by atoms with Crippen molar-refractivity contribution in [2.75, 3.05) is 7.11 Å². The van der Waals surface area contributed by atoms with Gasteiger partial charge >= 0.3 is 24.1 Å². The molecule has 0 heterocycles. The minimum absolute atomic E-state index is 0.118. The van der Waals surface area contributed by atoms with Crippen LogP contribution in [0, 0.1) is 5.41 Å². The maximum atomic E-state index is 13.3. The second-order valence-electron chi connectivity index (χ2n) is 3.45. The summed E-state index contributed by atoms with van der Waals surface area (Å²) in [7, 11) is -0.118. The quantitative estimate of drug-likeness (QED) is 0.694. The largest absolute Gasteiger partial charge is 0.416 e. The fourth-order valence-corrected chi connectivity index (χ4v) is 1.76. The highest BCUT2D eigenvalue weighted by Gasteiger charge is 3.02. The molecule has 1 unspecified atom stereocenters. The Bertz CT molecular complexity index is 367. The first-order chi connectivity index (χ1) is 7.72. The molecule has 11 heteroatoms. The van der Waals surface area contributed by atoms with Gasteiger partial charge in [-0.2, -0.15) is 35.1 Å². The number of ether oxygens (including phenoxy) is 1. The normalized spacial score (nSPS) is 31.1. The number of hydrogen-bond acceptors (Lipinski definition) is 2. The highest BCUT2D eigenvalue weighted by atomic mass is 19.4. The van der Waals surface area contributed by atoms with Crippen molar-refractivity contribution < 1.29 is 49.0 Å². The SMILES string of the molecule is COC1(F)C(F)(F)C(=O)C1(C(F)(F)F)C(F)(F)F. The summed E-state index contributed by atoms with van der Waals surface area (Å²) in [5, 5.41) is 0. The molecule has 0 bridgehead atoms. The van der Waals surface area contributed by atoms with Crippen LogP contribution in [0.4, 0.5) is 39.5 Å². The maximum absolute atomic E-state index is 13.3. The molecule has 106 valence electrons. The maximum Gasteiger partial charge on any atom is 0.416 e. The van der Waals surface area contributed by atoms with E-state index in [4.69, 9.17) is 0 Å². The van der Waals surface area contributed by atoms with E-state index in [-0.39, 0.29) is 7.11 Å². The van der Waals surface area contributed by atoms with Gasteiger partial charge in [0.15, 0.2) is 0 Å². The molecule has 0 radical (unpaired) electrons. The standard InChI is InChI=1S/C7H3F9O2/c1-18-5(10)3(6(11,12)13,7(14,15)16)2(17)4(5,8)9/h1H3. The van der Waals surface area contributed by atoms with Crippen LogP contribution in [0.5, 0.6) is 0 Å². The number of hydrogen-bond donors (Lipinski definition) is 0. The number of rotatable bonds is 1. The lowest BCUT2D eigenvalue weighted by Gasteiger charge is -2.55. The van der Waals surface area contributed by atoms with E-state index in [1.807, 2.05) is 0 Å². The van der Waals surface area contributed by atoms with Crippen molar-refractivity contribution in [2.45, 2.75) is 24.1 Å². The van der Waals surface area contributed by atoms with Gasteiger partial charge in [-0.05, 0) is 0 Å². The van der Waals surface area contributed by atoms with E-state index >= 15 is 0 Å². The van der Waals surface area contributed by atoms with Gasteiger partial charge in [-0.25, -0.2) is 4.39 Å². The van der Waals surface area contributed by atoms with Crippen molar-refractivity contribution in [2.24, 2.45) is 5.41 Å². The van der Waals surface area contributed by atoms with Gasteiger partial charge in [0.1, 0.15) is 0 Å². The van der Waals surface area contributed by atoms with Crippen LogP contribution in [0.2, 0.25) is 0 Å². The van der Waals surface area contributed by atoms with Gasteiger partial charge in [0.2, 0.25) is 5.78 Å². The van der Waals surface area contributed by atoms with Crippen LogP contribution in [0.1, 0.15) is 0 Å². The lowest BCUT2D eigenvalue weighted by Crippen LogP contribution is -2.86. The first-order valence-corrected chi connectivity index (χ1v) is 4.02. The van der Waals surface area contributed by atoms with Gasteiger partial charge in [0, 0.05) is 7.11 Å². The molecule has 1 aliphatic carbocycles. The Kier molecular flexibility index (Phi) is 2.77. The second kappa shape index (κ2) is 3.31. The average Bonchev–Trinajstić information content (AvgIpc) is 2.13. The fraction of sp³-hybridized carbons (Fsp3) is 0.857. The van der Waals surface area contributed by atoms with E-state index in [1.165, 1.54) is 0 Å². The van der Waals surface area contributed by atoms with Crippen LogP contribution in [0.25, 0.3) is 0 Å². The Morgan fingerprint density at radius 2 is 1.28 bits per heavy atom. The summed E-state index contributed by atoms with van der Waals surface area (Å²) in [6.07, 6.45) is -13.2. The zero-order chi connectivity index (χ0) is 14.8. The number of ketones is 1. The summed E-state index contributed by atoms with van der Waals surface area (Å²) in [6, 6.07) is 0. The molecule has 1 saturated carbocycles. The molecule has 0 aromatic rings. The minimum atomic E-state index is -6.62. The van der Waals surface area contributed by atoms with Crippen molar-refractivity contribution in [3.8, 4) is 0 Å². The lowest BCUT2D eigenvalue weighted by atomic mass is 9.58. The zero-order valence-corrected chi connectivity index (χ0v) is 8.22. The molecule has 18 heavy (non-hydrogen) atoms. The second-order valence-corrected chi connectivity index (χ2v) is 3.45. The summed E-state index contributed by atoms with van der Waals surface area (Å²) in [6.45, 7) is 0. The van der Waals surface area contributed by atoms with Crippen molar-refractivity contribution >= 4 is 5.78 Å². The van der Waals surface area contributed by atoms with Crippen molar-refractivity contribution in [3.05, 3.63) is 0 Å². The van der Waals surface area contributed by atoms with Crippen LogP contribution >= 0.6 is 0 Å². The third kappa shape index (κ3) is 1.18. The molecule has 2 nitrogen and oxygen atoms in total. The lowest BCUT2D eigenvalue weighted by molar-refractivity contribution is -0.465. The summed E-state index contributed by atoms with van der Waals surface area (Å²) in [5.41, 5.74) is -5.88. The Balaban J connectivity index is 3.63. The molecule has 0 aromatic carbocycles. The highest BCUT2D eigenvalue weighted by Crippen LogP contribution is 2.71. The predicted octanol–water partition coefficient (Wildman–Crippen LogP) is 2.63. The minimum Gasteiger partial charge on any atom is -0.343 e. The van der Waals surface area contributed by atoms with E-state index in [0.717, 1.165) is 0 Å². The number of methoxy groups -OCH3 is 1. The molecule has 0 amide bonds. The number of alkyl halides is 9. The average molecular weight is 290 g/mol. The van der Waals surface area contributed by atoms with E-state index < -0.39 is 35.3 Å². The van der Waals surface area contributed by atoms with Crippen molar-refractivity contribution in [1.82, 2.24) is 0 Å². The smallest absolute Gasteiger partial charge is 0.343 e. The number of Topliss-reactive ketones (excluding diaryl/α,β-unsaturated/α-hetero) is 1. The van der Waals surface area contributed by atoms with Crippen LogP contribution in [-0.2, 0) is 9.53 Å². The third-order valence-corrected chi connectivity index (χ3v) is 2.64. The number of carbonyl (C=O) groups excluding carboxylic acids is 1. The first kappa shape index (κ1) is 15.1. The van der Waals surface area contributed by atoms with Crippen LogP contribution < -0.4 is 0 Å². The van der Waals surface area contributed by atoms with E-state index in [0.29, 0.717) is 0 Å². The molecule has 1 aliphatic rings. The highest BCUT2D eigenvalue weighted by molar-refractivity contribution is 6.02. The monoisotopic (exact) mass is 290 g/mol. The molecular formula is C7H3F9O2. The van der Waals surface area contributed by atoms with E-state index in [1.54, 1.807) is 0 Å². The topological polar surface area (TPSA) is 26.3 Å². The molecule has 0 spiro atoms. The molecule has 0 N–H and O–H groups in total. The predicted molar refractivity (Wildman–Crippen MR) is 35.3 cm³/mol. The Hall–Kier alpha value is -1.00. The Labute approximate surface area is 92.7 Å². The van der Waals surface area contributed by atoms with Gasteiger partial charge < -0.3 is 4.74 Å². The molecule has 0 aliphatic heterocycles. The fourth-order valence-electron chi connectivity index (χ4n) is 1.76. The summed E-state index contributed by atoms with van der Waals surface area (Å²) >= 11 is 0. The van der Waals surface area contributed by atoms with Gasteiger partial charge in [0.25, 0.3) is 5.41 Å². The number of halogens is 9. The van der Waals surface area contributed by atoms with Crippen LogP contribution in [0.3, 0.4) is 0 Å². The number of carbonyl (C=O) groups is 1. The first-order valence-electron chi connectivity index (χ1n) is 4.02. The van der Waals surface area contributed by atoms with Gasteiger partial charge in [-0.3, -0.25) is 4.79 Å². The van der Waals surface area contributed by atoms with Crippen LogP contribution in [0.15, 0.2) is 0 Å². The molecule has 0 aromatic heterocycles.